The molecule has 1 aliphatic rings. The SMILES string of the molecule is COc1ccc(C(C)NC(=O)C2CCN(S(=O)(=O)c3ccc(SC)cc3)CC2)cc1. The molecule has 1 unspecified atom stereocenters. The number of sulfonamides is 1. The van der Waals surface area contributed by atoms with Crippen molar-refractivity contribution in [1.29, 1.82) is 0 Å². The van der Waals surface area contributed by atoms with Crippen LogP contribution in [0.1, 0.15) is 31.4 Å². The summed E-state index contributed by atoms with van der Waals surface area (Å²) in [4.78, 5) is 14.0. The van der Waals surface area contributed by atoms with Crippen LogP contribution in [0.2, 0.25) is 0 Å². The summed E-state index contributed by atoms with van der Waals surface area (Å²) in [7, 11) is -1.91. The number of hydrogen-bond donors (Lipinski definition) is 1. The van der Waals surface area contributed by atoms with Crippen LogP contribution in [0.3, 0.4) is 0 Å². The molecule has 0 bridgehead atoms. The van der Waals surface area contributed by atoms with Crippen molar-refractivity contribution in [3.05, 3.63) is 54.1 Å². The number of carbonyl (C=O) groups is 1. The Kier molecular flexibility index (Phi) is 7.44. The molecule has 162 valence electrons. The van der Waals surface area contributed by atoms with Crippen LogP contribution in [-0.2, 0) is 14.8 Å². The van der Waals surface area contributed by atoms with Crippen LogP contribution in [0.5, 0.6) is 5.75 Å². The molecule has 0 aromatic heterocycles. The number of rotatable bonds is 7. The monoisotopic (exact) mass is 448 g/mol. The third kappa shape index (κ3) is 5.17. The van der Waals surface area contributed by atoms with Crippen molar-refractivity contribution < 1.29 is 17.9 Å². The van der Waals surface area contributed by atoms with Crippen molar-refractivity contribution in [3.8, 4) is 5.75 Å². The minimum absolute atomic E-state index is 0.0281. The highest BCUT2D eigenvalue weighted by Gasteiger charge is 2.32. The number of methoxy groups -OCH3 is 1. The van der Waals surface area contributed by atoms with E-state index in [1.54, 1.807) is 31.0 Å². The highest BCUT2D eigenvalue weighted by atomic mass is 32.2. The van der Waals surface area contributed by atoms with Gasteiger partial charge >= 0.3 is 0 Å². The molecule has 2 aromatic rings. The Hall–Kier alpha value is -2.03. The maximum Gasteiger partial charge on any atom is 0.243 e. The standard InChI is InChI=1S/C22H28N2O4S2/c1-16(17-4-6-19(28-2)7-5-17)23-22(25)18-12-14-24(15-13-18)30(26,27)21-10-8-20(29-3)9-11-21/h4-11,16,18H,12-15H2,1-3H3,(H,23,25). The Labute approximate surface area is 183 Å². The summed E-state index contributed by atoms with van der Waals surface area (Å²) >= 11 is 1.57. The number of hydrogen-bond acceptors (Lipinski definition) is 5. The molecule has 1 amide bonds. The van der Waals surface area contributed by atoms with Gasteiger partial charge in [0.25, 0.3) is 0 Å². The average molecular weight is 449 g/mol. The molecule has 1 saturated heterocycles. The second kappa shape index (κ2) is 9.85. The first-order chi connectivity index (χ1) is 14.3. The van der Waals surface area contributed by atoms with Gasteiger partial charge in [-0.1, -0.05) is 12.1 Å². The van der Waals surface area contributed by atoms with E-state index in [1.165, 1.54) is 4.31 Å². The van der Waals surface area contributed by atoms with Gasteiger partial charge in [-0.3, -0.25) is 4.79 Å². The van der Waals surface area contributed by atoms with E-state index in [2.05, 4.69) is 5.32 Å². The lowest BCUT2D eigenvalue weighted by Crippen LogP contribution is -2.43. The van der Waals surface area contributed by atoms with Crippen molar-refractivity contribution in [2.75, 3.05) is 26.5 Å². The first-order valence-electron chi connectivity index (χ1n) is 9.93. The first kappa shape index (κ1) is 22.7. The van der Waals surface area contributed by atoms with E-state index in [0.717, 1.165) is 16.2 Å². The predicted molar refractivity (Wildman–Crippen MR) is 119 cm³/mol. The summed E-state index contributed by atoms with van der Waals surface area (Å²) < 4.78 is 32.4. The molecule has 6 nitrogen and oxygen atoms in total. The number of thioether (sulfide) groups is 1. The zero-order valence-electron chi connectivity index (χ0n) is 17.5. The first-order valence-corrected chi connectivity index (χ1v) is 12.6. The molecule has 1 fully saturated rings. The van der Waals surface area contributed by atoms with Crippen LogP contribution in [0.15, 0.2) is 58.3 Å². The minimum Gasteiger partial charge on any atom is -0.497 e. The molecule has 0 saturated carbocycles. The second-order valence-electron chi connectivity index (χ2n) is 7.36. The Bertz CT molecular complexity index is 952. The Morgan fingerprint density at radius 1 is 1.10 bits per heavy atom. The van der Waals surface area contributed by atoms with Crippen LogP contribution < -0.4 is 10.1 Å². The fourth-order valence-electron chi connectivity index (χ4n) is 3.56. The minimum atomic E-state index is -3.53. The highest BCUT2D eigenvalue weighted by Crippen LogP contribution is 2.26. The Morgan fingerprint density at radius 2 is 1.70 bits per heavy atom. The predicted octanol–water partition coefficient (Wildman–Crippen LogP) is 3.70. The molecule has 3 rings (SSSR count). The van der Waals surface area contributed by atoms with Crippen LogP contribution in [0.4, 0.5) is 0 Å². The molecule has 0 aliphatic carbocycles. The van der Waals surface area contributed by atoms with E-state index in [9.17, 15) is 13.2 Å². The molecule has 0 radical (unpaired) electrons. The molecule has 1 N–H and O–H groups in total. The van der Waals surface area contributed by atoms with E-state index in [0.29, 0.717) is 30.8 Å². The van der Waals surface area contributed by atoms with Crippen LogP contribution in [0, 0.1) is 5.92 Å². The van der Waals surface area contributed by atoms with E-state index in [4.69, 9.17) is 4.74 Å². The topological polar surface area (TPSA) is 75.7 Å². The summed E-state index contributed by atoms with van der Waals surface area (Å²) in [5.41, 5.74) is 0.998. The van der Waals surface area contributed by atoms with Gasteiger partial charge in [0.2, 0.25) is 15.9 Å². The number of nitrogens with zero attached hydrogens (tertiary/aromatic N) is 1. The van der Waals surface area contributed by atoms with Gasteiger partial charge < -0.3 is 10.1 Å². The number of carbonyl (C=O) groups excluding carboxylic acids is 1. The van der Waals surface area contributed by atoms with Gasteiger partial charge in [0.1, 0.15) is 5.75 Å². The van der Waals surface area contributed by atoms with Gasteiger partial charge in [0, 0.05) is 23.9 Å². The van der Waals surface area contributed by atoms with E-state index in [1.807, 2.05) is 49.6 Å². The summed E-state index contributed by atoms with van der Waals surface area (Å²) in [5.74, 6) is 0.560. The molecule has 2 aromatic carbocycles. The van der Waals surface area contributed by atoms with Gasteiger partial charge in [-0.05, 0) is 68.0 Å². The lowest BCUT2D eigenvalue weighted by atomic mass is 9.96. The van der Waals surface area contributed by atoms with Crippen LogP contribution in [0.25, 0.3) is 0 Å². The summed E-state index contributed by atoms with van der Waals surface area (Å²) in [6.07, 6.45) is 2.99. The van der Waals surface area contributed by atoms with Gasteiger partial charge in [-0.25, -0.2) is 8.42 Å². The molecule has 8 heteroatoms. The molecule has 1 aliphatic heterocycles. The zero-order valence-corrected chi connectivity index (χ0v) is 19.1. The number of benzene rings is 2. The van der Waals surface area contributed by atoms with E-state index >= 15 is 0 Å². The van der Waals surface area contributed by atoms with Crippen molar-refractivity contribution in [3.63, 3.8) is 0 Å². The maximum absolute atomic E-state index is 12.9. The van der Waals surface area contributed by atoms with Crippen molar-refractivity contribution in [2.24, 2.45) is 5.92 Å². The van der Waals surface area contributed by atoms with Crippen LogP contribution in [-0.4, -0.2) is 45.1 Å². The van der Waals surface area contributed by atoms with E-state index in [-0.39, 0.29) is 17.9 Å². The lowest BCUT2D eigenvalue weighted by molar-refractivity contribution is -0.126. The van der Waals surface area contributed by atoms with Gasteiger partial charge in [-0.15, -0.1) is 11.8 Å². The van der Waals surface area contributed by atoms with Gasteiger partial charge in [-0.2, -0.15) is 4.31 Å². The van der Waals surface area contributed by atoms with Gasteiger partial charge in [0.05, 0.1) is 18.0 Å². The lowest BCUT2D eigenvalue weighted by Gasteiger charge is -2.31. The molecule has 0 spiro atoms. The maximum atomic E-state index is 12.9. The fraction of sp³-hybridized carbons (Fsp3) is 0.409. The fourth-order valence-corrected chi connectivity index (χ4v) is 5.44. The molecule has 30 heavy (non-hydrogen) atoms. The average Bonchev–Trinajstić information content (AvgIpc) is 2.79. The van der Waals surface area contributed by atoms with Crippen molar-refractivity contribution >= 4 is 27.7 Å². The molecule has 1 heterocycles. The number of nitrogens with one attached hydrogen (secondary N) is 1. The van der Waals surface area contributed by atoms with Crippen LogP contribution >= 0.6 is 11.8 Å². The normalized spacial score (nSPS) is 16.8. The quantitative estimate of drug-likeness (QED) is 0.654. The largest absolute Gasteiger partial charge is 0.497 e. The molecular formula is C22H28N2O4S2. The van der Waals surface area contributed by atoms with Crippen molar-refractivity contribution in [1.82, 2.24) is 9.62 Å². The van der Waals surface area contributed by atoms with Crippen molar-refractivity contribution in [2.45, 2.75) is 35.6 Å². The Balaban J connectivity index is 1.56. The number of piperidine rings is 1. The summed E-state index contributed by atoms with van der Waals surface area (Å²) in [6, 6.07) is 14.4. The van der Waals surface area contributed by atoms with Gasteiger partial charge in [0.15, 0.2) is 0 Å². The smallest absolute Gasteiger partial charge is 0.243 e. The highest BCUT2D eigenvalue weighted by molar-refractivity contribution is 7.98. The second-order valence-corrected chi connectivity index (χ2v) is 10.2. The summed E-state index contributed by atoms with van der Waals surface area (Å²) in [5, 5.41) is 3.05. The third-order valence-electron chi connectivity index (χ3n) is 5.50. The third-order valence-corrected chi connectivity index (χ3v) is 8.15. The number of ether oxygens (including phenoxy) is 1. The molecular weight excluding hydrogens is 420 g/mol. The van der Waals surface area contributed by atoms with E-state index < -0.39 is 10.0 Å². The zero-order chi connectivity index (χ0) is 21.7. The Morgan fingerprint density at radius 3 is 2.23 bits per heavy atom. The number of amides is 1. The summed E-state index contributed by atoms with van der Waals surface area (Å²) in [6.45, 7) is 2.64. The molecule has 1 atom stereocenters.